The maximum atomic E-state index is 12.5. The number of hydrogen-bond donors (Lipinski definition) is 2. The van der Waals surface area contributed by atoms with Crippen molar-refractivity contribution >= 4 is 39.2 Å². The molecule has 116 valence electrons. The van der Waals surface area contributed by atoms with Gasteiger partial charge in [-0.1, -0.05) is 29.3 Å². The highest BCUT2D eigenvalue weighted by Gasteiger charge is 2.28. The molecule has 0 radical (unpaired) electrons. The lowest BCUT2D eigenvalue weighted by molar-refractivity contribution is 0.0697. The number of carboxylic acid groups (broad SMARTS) is 1. The third-order valence-electron chi connectivity index (χ3n) is 2.53. The van der Waals surface area contributed by atoms with Gasteiger partial charge in [-0.05, 0) is 12.1 Å². The molecule has 1 aromatic rings. The highest BCUT2D eigenvalue weighted by molar-refractivity contribution is 7.89. The van der Waals surface area contributed by atoms with Crippen LogP contribution in [0.15, 0.2) is 29.7 Å². The Labute approximate surface area is 132 Å². The zero-order valence-electron chi connectivity index (χ0n) is 10.8. The molecule has 0 aromatic heterocycles. The van der Waals surface area contributed by atoms with Gasteiger partial charge < -0.3 is 10.2 Å². The number of benzene rings is 1. The van der Waals surface area contributed by atoms with Gasteiger partial charge in [0.1, 0.15) is 4.90 Å². The minimum Gasteiger partial charge on any atom is -0.478 e. The summed E-state index contributed by atoms with van der Waals surface area (Å²) in [4.78, 5) is 10.6. The fourth-order valence-corrected chi connectivity index (χ4v) is 3.89. The van der Waals surface area contributed by atoms with Crippen molar-refractivity contribution in [2.45, 2.75) is 4.90 Å². The predicted octanol–water partition coefficient (Wildman–Crippen LogP) is 1.86. The van der Waals surface area contributed by atoms with Gasteiger partial charge in [0.25, 0.3) is 0 Å². The van der Waals surface area contributed by atoms with E-state index in [1.807, 2.05) is 0 Å². The molecule has 21 heavy (non-hydrogen) atoms. The summed E-state index contributed by atoms with van der Waals surface area (Å²) in [5.74, 6) is -1.39. The van der Waals surface area contributed by atoms with Crippen molar-refractivity contribution in [3.8, 4) is 0 Å². The van der Waals surface area contributed by atoms with E-state index in [-0.39, 0.29) is 18.1 Å². The second kappa shape index (κ2) is 7.24. The standard InChI is InChI=1S/C12H13Cl2NO5S/c1-2-3-15(4-5-16)21(19,20)10-7-8(13)6-9(11(10)14)12(17)18/h2,6-7,16H,1,3-5H2,(H,17,18). The molecule has 0 aliphatic heterocycles. The lowest BCUT2D eigenvalue weighted by Gasteiger charge is -2.21. The largest absolute Gasteiger partial charge is 0.478 e. The summed E-state index contributed by atoms with van der Waals surface area (Å²) in [6, 6.07) is 2.13. The number of rotatable bonds is 7. The molecule has 0 saturated heterocycles. The number of carbonyl (C=O) groups is 1. The fraction of sp³-hybridized carbons (Fsp3) is 0.250. The Kier molecular flexibility index (Phi) is 6.18. The average molecular weight is 354 g/mol. The number of halogens is 2. The van der Waals surface area contributed by atoms with Gasteiger partial charge in [0, 0.05) is 18.1 Å². The molecular formula is C12H13Cl2NO5S. The third kappa shape index (κ3) is 3.96. The Morgan fingerprint density at radius 1 is 1.38 bits per heavy atom. The van der Waals surface area contributed by atoms with Crippen LogP contribution < -0.4 is 0 Å². The lowest BCUT2D eigenvalue weighted by Crippen LogP contribution is -2.34. The molecule has 6 nitrogen and oxygen atoms in total. The quantitative estimate of drug-likeness (QED) is 0.729. The molecule has 9 heteroatoms. The summed E-state index contributed by atoms with van der Waals surface area (Å²) < 4.78 is 25.9. The minimum atomic E-state index is -4.11. The van der Waals surface area contributed by atoms with Crippen molar-refractivity contribution in [1.82, 2.24) is 4.31 Å². The first-order valence-electron chi connectivity index (χ1n) is 5.70. The summed E-state index contributed by atoms with van der Waals surface area (Å²) in [5, 5.41) is 17.5. The molecule has 1 aromatic carbocycles. The van der Waals surface area contributed by atoms with Crippen LogP contribution in [0, 0.1) is 0 Å². The first-order chi connectivity index (χ1) is 9.75. The number of carboxylic acids is 1. The highest BCUT2D eigenvalue weighted by atomic mass is 35.5. The molecule has 0 atom stereocenters. The van der Waals surface area contributed by atoms with Gasteiger partial charge in [0.05, 0.1) is 17.2 Å². The molecule has 0 amide bonds. The molecule has 0 fully saturated rings. The van der Waals surface area contributed by atoms with E-state index in [1.165, 1.54) is 6.08 Å². The van der Waals surface area contributed by atoms with Crippen LogP contribution in [0.5, 0.6) is 0 Å². The highest BCUT2D eigenvalue weighted by Crippen LogP contribution is 2.31. The average Bonchev–Trinajstić information content (AvgIpc) is 2.40. The molecule has 0 unspecified atom stereocenters. The van der Waals surface area contributed by atoms with Crippen LogP contribution in [-0.2, 0) is 10.0 Å². The van der Waals surface area contributed by atoms with Crippen molar-refractivity contribution in [3.05, 3.63) is 40.4 Å². The van der Waals surface area contributed by atoms with Crippen LogP contribution in [0.4, 0.5) is 0 Å². The summed E-state index contributed by atoms with van der Waals surface area (Å²) in [6.45, 7) is 2.79. The lowest BCUT2D eigenvalue weighted by atomic mass is 10.2. The van der Waals surface area contributed by atoms with Crippen molar-refractivity contribution in [2.75, 3.05) is 19.7 Å². The molecule has 0 saturated carbocycles. The second-order valence-corrected chi connectivity index (χ2v) is 6.67. The number of hydrogen-bond acceptors (Lipinski definition) is 4. The zero-order chi connectivity index (χ0) is 16.2. The molecule has 1 rings (SSSR count). The summed E-state index contributed by atoms with van der Waals surface area (Å²) in [5.41, 5.74) is -0.412. The number of sulfonamides is 1. The number of aromatic carboxylic acids is 1. The first kappa shape index (κ1) is 17.9. The molecule has 0 aliphatic carbocycles. The van der Waals surface area contributed by atoms with Gasteiger partial charge in [-0.2, -0.15) is 4.31 Å². The zero-order valence-corrected chi connectivity index (χ0v) is 13.1. The maximum absolute atomic E-state index is 12.5. The molecule has 0 bridgehead atoms. The summed E-state index contributed by atoms with van der Waals surface area (Å²) >= 11 is 11.6. The predicted molar refractivity (Wildman–Crippen MR) is 79.5 cm³/mol. The van der Waals surface area contributed by atoms with Crippen LogP contribution in [-0.4, -0.2) is 48.6 Å². The molecular weight excluding hydrogens is 341 g/mol. The minimum absolute atomic E-state index is 0.0614. The molecule has 0 aliphatic rings. The Morgan fingerprint density at radius 3 is 2.48 bits per heavy atom. The Hall–Kier alpha value is -1.12. The van der Waals surface area contributed by atoms with Crippen LogP contribution in [0.2, 0.25) is 10.0 Å². The maximum Gasteiger partial charge on any atom is 0.337 e. The van der Waals surface area contributed by atoms with Crippen LogP contribution in [0.1, 0.15) is 10.4 Å². The van der Waals surface area contributed by atoms with Gasteiger partial charge in [-0.25, -0.2) is 13.2 Å². The van der Waals surface area contributed by atoms with E-state index in [0.29, 0.717) is 0 Å². The third-order valence-corrected chi connectivity index (χ3v) is 5.16. The van der Waals surface area contributed by atoms with Crippen LogP contribution in [0.25, 0.3) is 0 Å². The first-order valence-corrected chi connectivity index (χ1v) is 7.89. The van der Waals surface area contributed by atoms with E-state index < -0.39 is 38.1 Å². The van der Waals surface area contributed by atoms with Crippen molar-refractivity contribution in [3.63, 3.8) is 0 Å². The second-order valence-electron chi connectivity index (χ2n) is 3.95. The summed E-state index contributed by atoms with van der Waals surface area (Å²) in [7, 11) is -4.11. The van der Waals surface area contributed by atoms with E-state index in [1.54, 1.807) is 0 Å². The van der Waals surface area contributed by atoms with E-state index >= 15 is 0 Å². The smallest absolute Gasteiger partial charge is 0.337 e. The fourth-order valence-electron chi connectivity index (χ4n) is 1.61. The SMILES string of the molecule is C=CCN(CCO)S(=O)(=O)c1cc(Cl)cc(C(=O)O)c1Cl. The van der Waals surface area contributed by atoms with E-state index in [4.69, 9.17) is 33.4 Å². The van der Waals surface area contributed by atoms with E-state index in [9.17, 15) is 13.2 Å². The van der Waals surface area contributed by atoms with Gasteiger partial charge in [0.2, 0.25) is 10.0 Å². The summed E-state index contributed by atoms with van der Waals surface area (Å²) in [6.07, 6.45) is 1.34. The Morgan fingerprint density at radius 2 is 2.00 bits per heavy atom. The van der Waals surface area contributed by atoms with Crippen LogP contribution in [0.3, 0.4) is 0 Å². The normalized spacial score (nSPS) is 11.6. The number of nitrogens with zero attached hydrogens (tertiary/aromatic N) is 1. The molecule has 2 N–H and O–H groups in total. The monoisotopic (exact) mass is 353 g/mol. The Bertz CT molecular complexity index is 660. The van der Waals surface area contributed by atoms with Crippen molar-refractivity contribution < 1.29 is 23.4 Å². The Balaban J connectivity index is 3.49. The van der Waals surface area contributed by atoms with Gasteiger partial charge in [0.15, 0.2) is 0 Å². The molecule has 0 heterocycles. The van der Waals surface area contributed by atoms with Crippen molar-refractivity contribution in [2.24, 2.45) is 0 Å². The van der Waals surface area contributed by atoms with Crippen LogP contribution >= 0.6 is 23.2 Å². The number of aliphatic hydroxyl groups excluding tert-OH is 1. The molecule has 0 spiro atoms. The topological polar surface area (TPSA) is 94.9 Å². The van der Waals surface area contributed by atoms with Crippen molar-refractivity contribution in [1.29, 1.82) is 0 Å². The van der Waals surface area contributed by atoms with Gasteiger partial charge in [-0.3, -0.25) is 0 Å². The number of aliphatic hydroxyl groups is 1. The van der Waals surface area contributed by atoms with Gasteiger partial charge >= 0.3 is 5.97 Å². The van der Waals surface area contributed by atoms with E-state index in [0.717, 1.165) is 16.4 Å². The van der Waals surface area contributed by atoms with E-state index in [2.05, 4.69) is 6.58 Å². The van der Waals surface area contributed by atoms with Gasteiger partial charge in [-0.15, -0.1) is 6.58 Å².